The molecule has 0 radical (unpaired) electrons. The fraction of sp³-hybridized carbons (Fsp3) is 0.750. The van der Waals surface area contributed by atoms with Crippen molar-refractivity contribution in [1.29, 1.82) is 0 Å². The molecule has 1 aromatic heterocycles. The van der Waals surface area contributed by atoms with Gasteiger partial charge in [0.2, 0.25) is 0 Å². The number of alkyl halides is 1. The van der Waals surface area contributed by atoms with Crippen molar-refractivity contribution in [2.24, 2.45) is 7.05 Å². The number of halogens is 1. The Bertz CT molecular complexity index is 344. The van der Waals surface area contributed by atoms with Crippen molar-refractivity contribution < 1.29 is 0 Å². The lowest BCUT2D eigenvalue weighted by Crippen LogP contribution is -2.28. The molecule has 0 saturated heterocycles. The molecule has 90 valence electrons. The lowest BCUT2D eigenvalue weighted by atomic mass is 10.3. The molecule has 0 aromatic carbocycles. The van der Waals surface area contributed by atoms with Crippen LogP contribution in [0.1, 0.15) is 31.2 Å². The van der Waals surface area contributed by atoms with E-state index in [1.807, 2.05) is 11.7 Å². The predicted molar refractivity (Wildman–Crippen MR) is 66.7 cm³/mol. The van der Waals surface area contributed by atoms with Gasteiger partial charge in [-0.3, -0.25) is 9.58 Å². The van der Waals surface area contributed by atoms with Gasteiger partial charge in [0.15, 0.2) is 0 Å². The monoisotopic (exact) mass is 241 g/mol. The van der Waals surface area contributed by atoms with Crippen molar-refractivity contribution in [1.82, 2.24) is 14.7 Å². The number of rotatable bonds is 6. The molecule has 1 aliphatic carbocycles. The van der Waals surface area contributed by atoms with E-state index in [0.29, 0.717) is 0 Å². The van der Waals surface area contributed by atoms with E-state index in [1.54, 1.807) is 0 Å². The smallest absolute Gasteiger partial charge is 0.0625 e. The molecule has 1 heterocycles. The minimum Gasteiger partial charge on any atom is -0.293 e. The third-order valence-corrected chi connectivity index (χ3v) is 3.36. The molecule has 0 amide bonds. The van der Waals surface area contributed by atoms with Crippen molar-refractivity contribution in [2.45, 2.75) is 38.8 Å². The zero-order chi connectivity index (χ0) is 11.5. The first-order chi connectivity index (χ1) is 7.74. The molecule has 0 atom stereocenters. The van der Waals surface area contributed by atoms with Crippen molar-refractivity contribution in [3.8, 4) is 0 Å². The normalized spacial score (nSPS) is 16.0. The van der Waals surface area contributed by atoms with E-state index in [9.17, 15) is 0 Å². The lowest BCUT2D eigenvalue weighted by Gasteiger charge is -2.20. The fourth-order valence-electron chi connectivity index (χ4n) is 2.04. The molecule has 3 nitrogen and oxygen atoms in total. The van der Waals surface area contributed by atoms with Crippen LogP contribution in [0.25, 0.3) is 0 Å². The molecule has 0 unspecified atom stereocenters. The third kappa shape index (κ3) is 2.77. The highest BCUT2D eigenvalue weighted by Crippen LogP contribution is 2.28. The van der Waals surface area contributed by atoms with Crippen LogP contribution in [-0.2, 0) is 20.0 Å². The van der Waals surface area contributed by atoms with Crippen LogP contribution in [0.3, 0.4) is 0 Å². The Kier molecular flexibility index (Phi) is 3.87. The van der Waals surface area contributed by atoms with E-state index in [4.69, 9.17) is 11.6 Å². The van der Waals surface area contributed by atoms with Crippen LogP contribution >= 0.6 is 11.6 Å². The lowest BCUT2D eigenvalue weighted by molar-refractivity contribution is 0.263. The minimum absolute atomic E-state index is 0.717. The first-order valence-electron chi connectivity index (χ1n) is 6.06. The summed E-state index contributed by atoms with van der Waals surface area (Å²) in [6.45, 7) is 4.11. The summed E-state index contributed by atoms with van der Waals surface area (Å²) in [5.74, 6) is 0.717. The summed E-state index contributed by atoms with van der Waals surface area (Å²) < 4.78 is 2.00. The van der Waals surface area contributed by atoms with Crippen LogP contribution in [0.4, 0.5) is 0 Å². The Morgan fingerprint density at radius 1 is 1.56 bits per heavy atom. The highest BCUT2D eigenvalue weighted by Gasteiger charge is 2.28. The average molecular weight is 242 g/mol. The van der Waals surface area contributed by atoms with Crippen LogP contribution in [0, 0.1) is 0 Å². The van der Waals surface area contributed by atoms with Gasteiger partial charge in [0.25, 0.3) is 0 Å². The summed E-state index contributed by atoms with van der Waals surface area (Å²) >= 11 is 5.84. The second-order valence-corrected chi connectivity index (χ2v) is 4.87. The fourth-order valence-corrected chi connectivity index (χ4v) is 2.26. The van der Waals surface area contributed by atoms with E-state index in [-0.39, 0.29) is 0 Å². The van der Waals surface area contributed by atoms with Gasteiger partial charge in [-0.2, -0.15) is 5.10 Å². The molecule has 0 spiro atoms. The van der Waals surface area contributed by atoms with Crippen LogP contribution < -0.4 is 0 Å². The molecule has 0 bridgehead atoms. The highest BCUT2D eigenvalue weighted by atomic mass is 35.5. The standard InChI is InChI=1S/C12H20ClN3/c1-3-10-8-12(15(2)14-10)9-16(7-6-13)11-4-5-11/h8,11H,3-7,9H2,1-2H3. The Labute approximate surface area is 102 Å². The quantitative estimate of drug-likeness (QED) is 0.712. The number of nitrogens with zero attached hydrogens (tertiary/aromatic N) is 3. The molecule has 0 N–H and O–H groups in total. The predicted octanol–water partition coefficient (Wildman–Crippen LogP) is 2.19. The molecule has 1 aromatic rings. The first-order valence-corrected chi connectivity index (χ1v) is 6.59. The molecule has 1 saturated carbocycles. The molecule has 1 fully saturated rings. The van der Waals surface area contributed by atoms with Gasteiger partial charge in [0, 0.05) is 32.1 Å². The molecule has 0 aliphatic heterocycles. The van der Waals surface area contributed by atoms with Crippen LogP contribution in [0.15, 0.2) is 6.07 Å². The maximum atomic E-state index is 5.84. The van der Waals surface area contributed by atoms with Gasteiger partial charge < -0.3 is 0 Å². The number of aryl methyl sites for hydroxylation is 2. The zero-order valence-electron chi connectivity index (χ0n) is 10.1. The van der Waals surface area contributed by atoms with Crippen LogP contribution in [0.2, 0.25) is 0 Å². The minimum atomic E-state index is 0.717. The van der Waals surface area contributed by atoms with Gasteiger partial charge in [-0.1, -0.05) is 6.92 Å². The van der Waals surface area contributed by atoms with E-state index in [1.165, 1.54) is 24.2 Å². The Morgan fingerprint density at radius 2 is 2.31 bits per heavy atom. The van der Waals surface area contributed by atoms with Gasteiger partial charge in [-0.25, -0.2) is 0 Å². The number of hydrogen-bond acceptors (Lipinski definition) is 2. The SMILES string of the molecule is CCc1cc(CN(CCCl)C2CC2)n(C)n1. The van der Waals surface area contributed by atoms with Gasteiger partial charge in [0.05, 0.1) is 11.4 Å². The summed E-state index contributed by atoms with van der Waals surface area (Å²) in [6.07, 6.45) is 3.66. The van der Waals surface area contributed by atoms with Crippen molar-refractivity contribution in [2.75, 3.05) is 12.4 Å². The molecule has 2 rings (SSSR count). The van der Waals surface area contributed by atoms with E-state index in [0.717, 1.165) is 31.4 Å². The maximum absolute atomic E-state index is 5.84. The third-order valence-electron chi connectivity index (χ3n) is 3.19. The second-order valence-electron chi connectivity index (χ2n) is 4.49. The Balaban J connectivity index is 2.02. The zero-order valence-corrected chi connectivity index (χ0v) is 10.9. The Morgan fingerprint density at radius 3 is 2.81 bits per heavy atom. The topological polar surface area (TPSA) is 21.1 Å². The number of aromatic nitrogens is 2. The van der Waals surface area contributed by atoms with E-state index in [2.05, 4.69) is 23.0 Å². The Hall–Kier alpha value is -0.540. The van der Waals surface area contributed by atoms with Crippen LogP contribution in [-0.4, -0.2) is 33.1 Å². The summed E-state index contributed by atoms with van der Waals surface area (Å²) in [6, 6.07) is 2.97. The highest BCUT2D eigenvalue weighted by molar-refractivity contribution is 6.18. The summed E-state index contributed by atoms with van der Waals surface area (Å²) in [4.78, 5) is 2.48. The summed E-state index contributed by atoms with van der Waals surface area (Å²) in [7, 11) is 2.03. The number of hydrogen-bond donors (Lipinski definition) is 0. The van der Waals surface area contributed by atoms with Crippen molar-refractivity contribution in [3.63, 3.8) is 0 Å². The molecule has 1 aliphatic rings. The average Bonchev–Trinajstić information content (AvgIpc) is 3.05. The molecular weight excluding hydrogens is 222 g/mol. The van der Waals surface area contributed by atoms with Gasteiger partial charge >= 0.3 is 0 Å². The molecule has 16 heavy (non-hydrogen) atoms. The molecule has 4 heteroatoms. The van der Waals surface area contributed by atoms with Gasteiger partial charge in [0.1, 0.15) is 0 Å². The van der Waals surface area contributed by atoms with Crippen LogP contribution in [0.5, 0.6) is 0 Å². The van der Waals surface area contributed by atoms with Gasteiger partial charge in [-0.15, -0.1) is 11.6 Å². The van der Waals surface area contributed by atoms with Crippen molar-refractivity contribution >= 4 is 11.6 Å². The van der Waals surface area contributed by atoms with E-state index >= 15 is 0 Å². The van der Waals surface area contributed by atoms with E-state index < -0.39 is 0 Å². The van der Waals surface area contributed by atoms with Crippen molar-refractivity contribution in [3.05, 3.63) is 17.5 Å². The second kappa shape index (κ2) is 5.19. The van der Waals surface area contributed by atoms with Gasteiger partial charge in [-0.05, 0) is 25.3 Å². The summed E-state index contributed by atoms with van der Waals surface area (Å²) in [5.41, 5.74) is 2.48. The largest absolute Gasteiger partial charge is 0.293 e. The first kappa shape index (κ1) is 11.9. The molecular formula is C12H20ClN3. The summed E-state index contributed by atoms with van der Waals surface area (Å²) in [5, 5.41) is 4.48. The maximum Gasteiger partial charge on any atom is 0.0625 e.